The third-order valence-corrected chi connectivity index (χ3v) is 4.17. The minimum absolute atomic E-state index is 0.0372. The number of hydrogen-bond donors (Lipinski definition) is 0. The first-order chi connectivity index (χ1) is 11.0. The summed E-state index contributed by atoms with van der Waals surface area (Å²) in [5.41, 5.74) is 1.51. The van der Waals surface area contributed by atoms with Crippen LogP contribution in [0.25, 0.3) is 0 Å². The average Bonchev–Trinajstić information content (AvgIpc) is 2.80. The number of nitro groups is 1. The Kier molecular flexibility index (Phi) is 5.16. The number of rotatable bonds is 3. The molecule has 0 atom stereocenters. The van der Waals surface area contributed by atoms with Gasteiger partial charge >= 0.3 is 0 Å². The lowest BCUT2D eigenvalue weighted by atomic mass is 10.1. The molecule has 1 aromatic carbocycles. The van der Waals surface area contributed by atoms with E-state index in [0.29, 0.717) is 43.9 Å². The standard InChI is InChI=1S/C16H20N4O3/c1-3-16(21)19-6-4-5-18(7-8-19)14-9-13(11-17)10-15(12(14)2)20(22)23/h9-10H,3-8H2,1-2H3. The van der Waals surface area contributed by atoms with Gasteiger partial charge < -0.3 is 9.80 Å². The summed E-state index contributed by atoms with van der Waals surface area (Å²) < 4.78 is 0. The van der Waals surface area contributed by atoms with Crippen LogP contribution < -0.4 is 4.90 Å². The van der Waals surface area contributed by atoms with Gasteiger partial charge in [0.1, 0.15) is 0 Å². The molecule has 7 nitrogen and oxygen atoms in total. The van der Waals surface area contributed by atoms with Crippen molar-refractivity contribution in [1.29, 1.82) is 5.26 Å². The molecule has 0 bridgehead atoms. The van der Waals surface area contributed by atoms with E-state index >= 15 is 0 Å². The van der Waals surface area contributed by atoms with Crippen LogP contribution in [0.3, 0.4) is 0 Å². The molecule has 2 rings (SSSR count). The molecule has 122 valence electrons. The zero-order valence-electron chi connectivity index (χ0n) is 13.4. The van der Waals surface area contributed by atoms with Crippen LogP contribution >= 0.6 is 0 Å². The minimum Gasteiger partial charge on any atom is -0.369 e. The van der Waals surface area contributed by atoms with Gasteiger partial charge in [0.2, 0.25) is 5.91 Å². The molecule has 1 aliphatic rings. The quantitative estimate of drug-likeness (QED) is 0.630. The number of anilines is 1. The second kappa shape index (κ2) is 7.09. The molecule has 7 heteroatoms. The number of amides is 1. The first kappa shape index (κ1) is 16.7. The van der Waals surface area contributed by atoms with Gasteiger partial charge in [-0.1, -0.05) is 6.92 Å². The van der Waals surface area contributed by atoms with Crippen molar-refractivity contribution in [2.45, 2.75) is 26.7 Å². The minimum atomic E-state index is -0.454. The number of nitrogens with zero attached hydrogens (tertiary/aromatic N) is 4. The highest BCUT2D eigenvalue weighted by Crippen LogP contribution is 2.31. The average molecular weight is 316 g/mol. The Morgan fingerprint density at radius 2 is 2.09 bits per heavy atom. The summed E-state index contributed by atoms with van der Waals surface area (Å²) in [4.78, 5) is 26.5. The van der Waals surface area contributed by atoms with Gasteiger partial charge in [-0.2, -0.15) is 5.26 Å². The van der Waals surface area contributed by atoms with Crippen molar-refractivity contribution in [3.63, 3.8) is 0 Å². The lowest BCUT2D eigenvalue weighted by Crippen LogP contribution is -2.34. The summed E-state index contributed by atoms with van der Waals surface area (Å²) in [6, 6.07) is 4.99. The van der Waals surface area contributed by atoms with Crippen molar-refractivity contribution in [2.75, 3.05) is 31.1 Å². The Labute approximate surface area is 135 Å². The van der Waals surface area contributed by atoms with Gasteiger partial charge in [-0.3, -0.25) is 14.9 Å². The molecular weight excluding hydrogens is 296 g/mol. The Hall–Kier alpha value is -2.62. The van der Waals surface area contributed by atoms with Crippen LogP contribution in [-0.4, -0.2) is 41.9 Å². The molecule has 0 aromatic heterocycles. The first-order valence-corrected chi connectivity index (χ1v) is 7.69. The predicted octanol–water partition coefficient (Wildman–Crippen LogP) is 2.22. The molecule has 0 saturated carbocycles. The third kappa shape index (κ3) is 3.59. The molecule has 0 N–H and O–H groups in total. The number of hydrogen-bond acceptors (Lipinski definition) is 5. The largest absolute Gasteiger partial charge is 0.369 e. The predicted molar refractivity (Wildman–Crippen MR) is 86.2 cm³/mol. The SMILES string of the molecule is CCC(=O)N1CCCN(c2cc(C#N)cc([N+](=O)[O-])c2C)CC1. The summed E-state index contributed by atoms with van der Waals surface area (Å²) in [7, 11) is 0. The molecule has 1 aliphatic heterocycles. The van der Waals surface area contributed by atoms with Crippen LogP contribution in [-0.2, 0) is 4.79 Å². The maximum atomic E-state index is 11.8. The maximum Gasteiger partial charge on any atom is 0.275 e. The molecular formula is C16H20N4O3. The van der Waals surface area contributed by atoms with E-state index < -0.39 is 4.92 Å². The van der Waals surface area contributed by atoms with Crippen LogP contribution in [0.15, 0.2) is 12.1 Å². The van der Waals surface area contributed by atoms with E-state index in [0.717, 1.165) is 6.42 Å². The van der Waals surface area contributed by atoms with E-state index in [2.05, 4.69) is 0 Å². The molecule has 1 amide bonds. The Bertz CT molecular complexity index is 666. The smallest absolute Gasteiger partial charge is 0.275 e. The topological polar surface area (TPSA) is 90.5 Å². The Morgan fingerprint density at radius 3 is 2.70 bits per heavy atom. The summed E-state index contributed by atoms with van der Waals surface area (Å²) in [5, 5.41) is 20.3. The number of carbonyl (C=O) groups is 1. The molecule has 0 radical (unpaired) electrons. The summed E-state index contributed by atoms with van der Waals surface area (Å²) in [5.74, 6) is 0.125. The fourth-order valence-electron chi connectivity index (χ4n) is 2.90. The summed E-state index contributed by atoms with van der Waals surface area (Å²) in [6.07, 6.45) is 1.28. The van der Waals surface area contributed by atoms with Gasteiger partial charge in [-0.25, -0.2) is 0 Å². The van der Waals surface area contributed by atoms with Gasteiger partial charge in [0.15, 0.2) is 0 Å². The van der Waals surface area contributed by atoms with Crippen LogP contribution in [0.5, 0.6) is 0 Å². The fraction of sp³-hybridized carbons (Fsp3) is 0.500. The number of nitro benzene ring substituents is 1. The molecule has 1 fully saturated rings. The highest BCUT2D eigenvalue weighted by atomic mass is 16.6. The van der Waals surface area contributed by atoms with Crippen LogP contribution in [0.1, 0.15) is 30.9 Å². The summed E-state index contributed by atoms with van der Waals surface area (Å²) >= 11 is 0. The van der Waals surface area contributed by atoms with Crippen LogP contribution in [0.4, 0.5) is 11.4 Å². The second-order valence-corrected chi connectivity index (χ2v) is 5.58. The van der Waals surface area contributed by atoms with Gasteiger partial charge in [-0.05, 0) is 19.4 Å². The molecule has 0 aliphatic carbocycles. The van der Waals surface area contributed by atoms with Crippen molar-refractivity contribution in [3.8, 4) is 6.07 Å². The highest BCUT2D eigenvalue weighted by Gasteiger charge is 2.23. The van der Waals surface area contributed by atoms with Crippen molar-refractivity contribution < 1.29 is 9.72 Å². The zero-order chi connectivity index (χ0) is 17.0. The molecule has 23 heavy (non-hydrogen) atoms. The zero-order valence-corrected chi connectivity index (χ0v) is 13.4. The lowest BCUT2D eigenvalue weighted by molar-refractivity contribution is -0.385. The van der Waals surface area contributed by atoms with Crippen LogP contribution in [0, 0.1) is 28.4 Å². The van der Waals surface area contributed by atoms with Crippen molar-refractivity contribution >= 4 is 17.3 Å². The number of carbonyl (C=O) groups excluding carboxylic acids is 1. The highest BCUT2D eigenvalue weighted by molar-refractivity contribution is 5.76. The summed E-state index contributed by atoms with van der Waals surface area (Å²) in [6.45, 7) is 6.15. The maximum absolute atomic E-state index is 11.8. The molecule has 1 saturated heterocycles. The van der Waals surface area contributed by atoms with E-state index in [4.69, 9.17) is 5.26 Å². The van der Waals surface area contributed by atoms with Gasteiger partial charge in [0, 0.05) is 44.4 Å². The van der Waals surface area contributed by atoms with E-state index in [1.807, 2.05) is 22.8 Å². The first-order valence-electron chi connectivity index (χ1n) is 7.69. The fourth-order valence-corrected chi connectivity index (χ4v) is 2.90. The Morgan fingerprint density at radius 1 is 1.35 bits per heavy atom. The second-order valence-electron chi connectivity index (χ2n) is 5.58. The van der Waals surface area contributed by atoms with E-state index in [9.17, 15) is 14.9 Å². The normalized spacial score (nSPS) is 15.0. The molecule has 1 aromatic rings. The van der Waals surface area contributed by atoms with Crippen molar-refractivity contribution in [3.05, 3.63) is 33.4 Å². The van der Waals surface area contributed by atoms with E-state index in [-0.39, 0.29) is 17.2 Å². The van der Waals surface area contributed by atoms with Crippen molar-refractivity contribution in [1.82, 2.24) is 4.90 Å². The molecule has 1 heterocycles. The number of benzene rings is 1. The van der Waals surface area contributed by atoms with Gasteiger partial charge in [0.05, 0.1) is 22.1 Å². The van der Waals surface area contributed by atoms with Crippen LogP contribution in [0.2, 0.25) is 0 Å². The lowest BCUT2D eigenvalue weighted by Gasteiger charge is -2.25. The monoisotopic (exact) mass is 316 g/mol. The van der Waals surface area contributed by atoms with E-state index in [1.54, 1.807) is 13.0 Å². The Balaban J connectivity index is 2.31. The van der Waals surface area contributed by atoms with E-state index in [1.165, 1.54) is 6.07 Å². The number of nitriles is 1. The molecule has 0 spiro atoms. The third-order valence-electron chi connectivity index (χ3n) is 4.17. The van der Waals surface area contributed by atoms with Gasteiger partial charge in [-0.15, -0.1) is 0 Å². The molecule has 0 unspecified atom stereocenters. The van der Waals surface area contributed by atoms with Crippen molar-refractivity contribution in [2.24, 2.45) is 0 Å². The van der Waals surface area contributed by atoms with Gasteiger partial charge in [0.25, 0.3) is 5.69 Å².